The predicted molar refractivity (Wildman–Crippen MR) is 130 cm³/mol. The molecule has 1 aliphatic rings. The third-order valence-corrected chi connectivity index (χ3v) is 6.37. The Kier molecular flexibility index (Phi) is 6.01. The molecule has 4 aromatic rings. The summed E-state index contributed by atoms with van der Waals surface area (Å²) in [6.07, 6.45) is 0.788. The largest absolute Gasteiger partial charge is 0.340 e. The highest BCUT2D eigenvalue weighted by atomic mass is 16.5. The van der Waals surface area contributed by atoms with Gasteiger partial charge in [-0.3, -0.25) is 10.0 Å². The quantitative estimate of drug-likeness (QED) is 0.314. The fourth-order valence-electron chi connectivity index (χ4n) is 4.70. The van der Waals surface area contributed by atoms with Gasteiger partial charge in [-0.1, -0.05) is 60.7 Å². The highest BCUT2D eigenvalue weighted by Gasteiger charge is 2.26. The third kappa shape index (κ3) is 4.25. The number of amides is 3. The molecule has 0 saturated carbocycles. The topological polar surface area (TPSA) is 86.6 Å². The molecule has 34 heavy (non-hydrogen) atoms. The van der Waals surface area contributed by atoms with Gasteiger partial charge in [-0.15, -0.1) is 0 Å². The molecular formula is C27H26N4O3. The van der Waals surface area contributed by atoms with Crippen molar-refractivity contribution in [1.29, 1.82) is 0 Å². The van der Waals surface area contributed by atoms with Crippen LogP contribution in [0.4, 0.5) is 4.79 Å². The number of rotatable bonds is 5. The van der Waals surface area contributed by atoms with Crippen LogP contribution in [0.2, 0.25) is 0 Å². The molecule has 3 amide bonds. The SMILES string of the molecule is O=C(NO)c1cccc(CNC(=O)N2CCc3c(c4ccccc4n3Cc3ccccc3)C2)c1. The van der Waals surface area contributed by atoms with Crippen molar-refractivity contribution < 1.29 is 14.8 Å². The van der Waals surface area contributed by atoms with Gasteiger partial charge < -0.3 is 14.8 Å². The second kappa shape index (κ2) is 9.41. The number of nitrogens with zero attached hydrogens (tertiary/aromatic N) is 2. The van der Waals surface area contributed by atoms with Crippen molar-refractivity contribution in [3.8, 4) is 0 Å². The summed E-state index contributed by atoms with van der Waals surface area (Å²) in [5.74, 6) is -0.580. The lowest BCUT2D eigenvalue weighted by Crippen LogP contribution is -2.42. The minimum atomic E-state index is -0.580. The van der Waals surface area contributed by atoms with Gasteiger partial charge in [0, 0.05) is 60.3 Å². The van der Waals surface area contributed by atoms with Crippen molar-refractivity contribution in [3.05, 3.63) is 107 Å². The molecule has 7 nitrogen and oxygen atoms in total. The molecule has 0 atom stereocenters. The standard InChI is InChI=1S/C27H26N4O3/c32-26(29-34)21-10-6-9-20(15-21)16-28-27(33)30-14-13-25-23(18-30)22-11-4-5-12-24(22)31(25)17-19-7-2-1-3-8-19/h1-12,15,34H,13-14,16-18H2,(H,28,33)(H,29,32). The number of urea groups is 1. The van der Waals surface area contributed by atoms with E-state index in [9.17, 15) is 9.59 Å². The summed E-state index contributed by atoms with van der Waals surface area (Å²) in [7, 11) is 0. The maximum Gasteiger partial charge on any atom is 0.317 e. The van der Waals surface area contributed by atoms with E-state index in [4.69, 9.17) is 5.21 Å². The first-order valence-electron chi connectivity index (χ1n) is 11.3. The highest BCUT2D eigenvalue weighted by molar-refractivity contribution is 5.93. The van der Waals surface area contributed by atoms with Gasteiger partial charge in [0.2, 0.25) is 0 Å². The van der Waals surface area contributed by atoms with Gasteiger partial charge in [0.25, 0.3) is 5.91 Å². The Morgan fingerprint density at radius 3 is 2.50 bits per heavy atom. The zero-order chi connectivity index (χ0) is 23.5. The van der Waals surface area contributed by atoms with Crippen molar-refractivity contribution >= 4 is 22.8 Å². The van der Waals surface area contributed by atoms with Crippen LogP contribution in [0.1, 0.15) is 32.7 Å². The number of nitrogens with one attached hydrogen (secondary N) is 2. The van der Waals surface area contributed by atoms with Crippen LogP contribution >= 0.6 is 0 Å². The molecule has 0 radical (unpaired) electrons. The van der Waals surface area contributed by atoms with Gasteiger partial charge in [-0.2, -0.15) is 0 Å². The number of aromatic nitrogens is 1. The van der Waals surface area contributed by atoms with Crippen molar-refractivity contribution in [2.45, 2.75) is 26.1 Å². The first-order chi connectivity index (χ1) is 16.6. The number of hydroxylamine groups is 1. The highest BCUT2D eigenvalue weighted by Crippen LogP contribution is 2.31. The van der Waals surface area contributed by atoms with E-state index in [1.54, 1.807) is 23.7 Å². The van der Waals surface area contributed by atoms with E-state index >= 15 is 0 Å². The summed E-state index contributed by atoms with van der Waals surface area (Å²) in [5, 5.41) is 13.0. The summed E-state index contributed by atoms with van der Waals surface area (Å²) >= 11 is 0. The smallest absolute Gasteiger partial charge is 0.317 e. The van der Waals surface area contributed by atoms with Crippen LogP contribution < -0.4 is 10.8 Å². The Labute approximate surface area is 197 Å². The molecule has 2 heterocycles. The lowest BCUT2D eigenvalue weighted by Gasteiger charge is -2.28. The Balaban J connectivity index is 1.33. The van der Waals surface area contributed by atoms with Crippen LogP contribution in [0.3, 0.4) is 0 Å². The van der Waals surface area contributed by atoms with Crippen LogP contribution in [0.15, 0.2) is 78.9 Å². The van der Waals surface area contributed by atoms with E-state index in [0.717, 1.165) is 18.5 Å². The second-order valence-corrected chi connectivity index (χ2v) is 8.49. The van der Waals surface area contributed by atoms with Gasteiger partial charge in [-0.05, 0) is 29.3 Å². The first-order valence-corrected chi connectivity index (χ1v) is 11.3. The fourth-order valence-corrected chi connectivity index (χ4v) is 4.70. The van der Waals surface area contributed by atoms with E-state index in [2.05, 4.69) is 52.3 Å². The number of carbonyl (C=O) groups is 2. The summed E-state index contributed by atoms with van der Waals surface area (Å²) in [6, 6.07) is 25.5. The van der Waals surface area contributed by atoms with Crippen LogP contribution in [0, 0.1) is 0 Å². The maximum atomic E-state index is 13.0. The van der Waals surface area contributed by atoms with Crippen LogP contribution in [0.5, 0.6) is 0 Å². The average Bonchev–Trinajstić information content (AvgIpc) is 3.20. The number of hydrogen-bond acceptors (Lipinski definition) is 3. The molecule has 1 aliphatic heterocycles. The molecule has 1 aromatic heterocycles. The van der Waals surface area contributed by atoms with Crippen molar-refractivity contribution in [1.82, 2.24) is 20.3 Å². The molecule has 7 heteroatoms. The Bertz CT molecular complexity index is 1350. The van der Waals surface area contributed by atoms with Crippen LogP contribution in [-0.2, 0) is 26.1 Å². The number of fused-ring (bicyclic) bond motifs is 3. The second-order valence-electron chi connectivity index (χ2n) is 8.49. The Morgan fingerprint density at radius 2 is 1.68 bits per heavy atom. The van der Waals surface area contributed by atoms with Gasteiger partial charge >= 0.3 is 6.03 Å². The molecular weight excluding hydrogens is 428 g/mol. The van der Waals surface area contributed by atoms with Gasteiger partial charge in [0.05, 0.1) is 0 Å². The number of carbonyl (C=O) groups excluding carboxylic acids is 2. The average molecular weight is 455 g/mol. The molecule has 0 saturated heterocycles. The molecule has 3 N–H and O–H groups in total. The number of hydrogen-bond donors (Lipinski definition) is 3. The molecule has 5 rings (SSSR count). The van der Waals surface area contributed by atoms with E-state index in [1.165, 1.54) is 27.7 Å². The third-order valence-electron chi connectivity index (χ3n) is 6.37. The fraction of sp³-hybridized carbons (Fsp3) is 0.185. The van der Waals surface area contributed by atoms with E-state index in [0.29, 0.717) is 25.2 Å². The lowest BCUT2D eigenvalue weighted by molar-refractivity contribution is 0.0706. The Morgan fingerprint density at radius 1 is 0.912 bits per heavy atom. The van der Waals surface area contributed by atoms with Crippen molar-refractivity contribution in [2.24, 2.45) is 0 Å². The summed E-state index contributed by atoms with van der Waals surface area (Å²) in [5.41, 5.74) is 7.69. The van der Waals surface area contributed by atoms with Gasteiger partial charge in [-0.25, -0.2) is 10.3 Å². The molecule has 0 unspecified atom stereocenters. The zero-order valence-corrected chi connectivity index (χ0v) is 18.7. The minimum absolute atomic E-state index is 0.137. The lowest BCUT2D eigenvalue weighted by atomic mass is 10.0. The minimum Gasteiger partial charge on any atom is -0.340 e. The summed E-state index contributed by atoms with van der Waals surface area (Å²) < 4.78 is 2.38. The van der Waals surface area contributed by atoms with E-state index in [1.807, 2.05) is 23.1 Å². The number of para-hydroxylation sites is 1. The molecule has 3 aromatic carbocycles. The van der Waals surface area contributed by atoms with Crippen LogP contribution in [-0.4, -0.2) is 33.2 Å². The van der Waals surface area contributed by atoms with Gasteiger partial charge in [0.15, 0.2) is 0 Å². The normalized spacial score (nSPS) is 12.9. The molecule has 0 fully saturated rings. The van der Waals surface area contributed by atoms with Gasteiger partial charge in [0.1, 0.15) is 0 Å². The van der Waals surface area contributed by atoms with E-state index < -0.39 is 5.91 Å². The monoisotopic (exact) mass is 454 g/mol. The molecule has 0 aliphatic carbocycles. The van der Waals surface area contributed by atoms with Crippen molar-refractivity contribution in [2.75, 3.05) is 6.54 Å². The zero-order valence-electron chi connectivity index (χ0n) is 18.7. The number of benzene rings is 3. The molecule has 172 valence electrons. The molecule has 0 bridgehead atoms. The van der Waals surface area contributed by atoms with Crippen LogP contribution in [0.25, 0.3) is 10.9 Å². The first kappa shape index (κ1) is 21.7. The predicted octanol–water partition coefficient (Wildman–Crippen LogP) is 4.08. The molecule has 0 spiro atoms. The summed E-state index contributed by atoms with van der Waals surface area (Å²) in [4.78, 5) is 26.5. The maximum absolute atomic E-state index is 13.0. The van der Waals surface area contributed by atoms with Crippen molar-refractivity contribution in [3.63, 3.8) is 0 Å². The van der Waals surface area contributed by atoms with E-state index in [-0.39, 0.29) is 6.03 Å². The summed E-state index contributed by atoms with van der Waals surface area (Å²) in [6.45, 7) is 2.29. The Hall–Kier alpha value is -4.10.